The van der Waals surface area contributed by atoms with Gasteiger partial charge in [-0.1, -0.05) is 25.1 Å². The average Bonchev–Trinajstić information content (AvgIpc) is 3.19. The van der Waals surface area contributed by atoms with Crippen LogP contribution in [-0.2, 0) is 16.0 Å². The molecular weight excluding hydrogens is 252 g/mol. The highest BCUT2D eigenvalue weighted by molar-refractivity contribution is 5.98. The summed E-state index contributed by atoms with van der Waals surface area (Å²) in [5.74, 6) is -0.173. The van der Waals surface area contributed by atoms with Gasteiger partial charge in [0.1, 0.15) is 6.54 Å². The van der Waals surface area contributed by atoms with Crippen LogP contribution < -0.4 is 10.2 Å². The average molecular weight is 274 g/mol. The Hall–Kier alpha value is -1.84. The monoisotopic (exact) mass is 274 g/mol. The molecule has 1 aromatic rings. The van der Waals surface area contributed by atoms with E-state index in [4.69, 9.17) is 0 Å². The first-order valence-corrected chi connectivity index (χ1v) is 7.19. The molecule has 4 heteroatoms. The van der Waals surface area contributed by atoms with E-state index < -0.39 is 0 Å². The predicted octanol–water partition coefficient (Wildman–Crippen LogP) is 2.19. The van der Waals surface area contributed by atoms with Crippen LogP contribution in [0.25, 0.3) is 0 Å². The Labute approximate surface area is 120 Å². The van der Waals surface area contributed by atoms with E-state index in [0.29, 0.717) is 6.04 Å². The molecule has 108 valence electrons. The van der Waals surface area contributed by atoms with E-state index in [-0.39, 0.29) is 18.4 Å². The van der Waals surface area contributed by atoms with Crippen molar-refractivity contribution in [3.8, 4) is 0 Å². The van der Waals surface area contributed by atoms with Crippen molar-refractivity contribution in [2.45, 2.75) is 46.1 Å². The zero-order valence-corrected chi connectivity index (χ0v) is 12.4. The van der Waals surface area contributed by atoms with Crippen LogP contribution in [0.4, 0.5) is 5.69 Å². The van der Waals surface area contributed by atoms with Crippen molar-refractivity contribution >= 4 is 17.5 Å². The van der Waals surface area contributed by atoms with Gasteiger partial charge in [-0.05, 0) is 37.3 Å². The van der Waals surface area contributed by atoms with Crippen molar-refractivity contribution in [2.75, 3.05) is 11.4 Å². The number of nitrogens with zero attached hydrogens (tertiary/aromatic N) is 1. The number of amides is 2. The summed E-state index contributed by atoms with van der Waals surface area (Å²) in [5, 5.41) is 2.93. The summed E-state index contributed by atoms with van der Waals surface area (Å²) in [7, 11) is 0. The lowest BCUT2D eigenvalue weighted by atomic mass is 10.0. The van der Waals surface area contributed by atoms with Crippen molar-refractivity contribution in [1.82, 2.24) is 5.32 Å². The number of anilines is 1. The lowest BCUT2D eigenvalue weighted by Crippen LogP contribution is -2.41. The Bertz CT molecular complexity index is 521. The van der Waals surface area contributed by atoms with E-state index in [0.717, 1.165) is 36.1 Å². The lowest BCUT2D eigenvalue weighted by molar-refractivity contribution is -0.123. The quantitative estimate of drug-likeness (QED) is 0.894. The maximum Gasteiger partial charge on any atom is 0.240 e. The molecule has 0 radical (unpaired) electrons. The van der Waals surface area contributed by atoms with Gasteiger partial charge in [0.15, 0.2) is 0 Å². The molecule has 4 nitrogen and oxygen atoms in total. The molecule has 0 aromatic heterocycles. The number of carbonyl (C=O) groups is 2. The van der Waals surface area contributed by atoms with E-state index in [9.17, 15) is 9.59 Å². The Morgan fingerprint density at radius 3 is 2.60 bits per heavy atom. The van der Waals surface area contributed by atoms with Crippen LogP contribution in [0.15, 0.2) is 18.2 Å². The van der Waals surface area contributed by atoms with Crippen LogP contribution in [0.5, 0.6) is 0 Å². The minimum Gasteiger partial charge on any atom is -0.352 e. The molecule has 0 heterocycles. The first-order chi connectivity index (χ1) is 9.52. The van der Waals surface area contributed by atoms with E-state index in [1.165, 1.54) is 6.92 Å². The number of hydrogen-bond acceptors (Lipinski definition) is 2. The highest BCUT2D eigenvalue weighted by Gasteiger charge is 2.26. The van der Waals surface area contributed by atoms with Crippen molar-refractivity contribution in [3.05, 3.63) is 29.3 Å². The van der Waals surface area contributed by atoms with E-state index in [1.54, 1.807) is 4.90 Å². The van der Waals surface area contributed by atoms with Gasteiger partial charge < -0.3 is 10.2 Å². The SMILES string of the molecule is CCc1cccc(C)c1N(CC(=O)NC1CC1)C(C)=O. The van der Waals surface area contributed by atoms with Crippen molar-refractivity contribution in [3.63, 3.8) is 0 Å². The molecule has 2 rings (SSSR count). The molecule has 0 bridgehead atoms. The third-order valence-electron chi connectivity index (χ3n) is 3.60. The Kier molecular flexibility index (Phi) is 4.42. The number of para-hydroxylation sites is 1. The van der Waals surface area contributed by atoms with Gasteiger partial charge in [-0.2, -0.15) is 0 Å². The third kappa shape index (κ3) is 3.38. The largest absolute Gasteiger partial charge is 0.352 e. The summed E-state index contributed by atoms with van der Waals surface area (Å²) >= 11 is 0. The Balaban J connectivity index is 2.23. The molecule has 2 amide bonds. The zero-order valence-electron chi connectivity index (χ0n) is 12.4. The molecule has 0 atom stereocenters. The summed E-state index contributed by atoms with van der Waals surface area (Å²) in [6.45, 7) is 5.64. The van der Waals surface area contributed by atoms with Gasteiger partial charge in [0.05, 0.1) is 5.69 Å². The predicted molar refractivity (Wildman–Crippen MR) is 79.7 cm³/mol. The molecule has 1 aromatic carbocycles. The number of rotatable bonds is 5. The molecule has 0 spiro atoms. The van der Waals surface area contributed by atoms with Crippen LogP contribution in [-0.4, -0.2) is 24.4 Å². The number of aryl methyl sites for hydroxylation is 2. The maximum atomic E-state index is 12.0. The smallest absolute Gasteiger partial charge is 0.240 e. The highest BCUT2D eigenvalue weighted by atomic mass is 16.2. The maximum absolute atomic E-state index is 12.0. The number of nitrogens with one attached hydrogen (secondary N) is 1. The van der Waals surface area contributed by atoms with Gasteiger partial charge in [0, 0.05) is 13.0 Å². The molecule has 1 N–H and O–H groups in total. The lowest BCUT2D eigenvalue weighted by Gasteiger charge is -2.25. The van der Waals surface area contributed by atoms with Gasteiger partial charge in [-0.3, -0.25) is 9.59 Å². The normalized spacial score (nSPS) is 13.9. The van der Waals surface area contributed by atoms with Gasteiger partial charge in [0.2, 0.25) is 11.8 Å². The minimum atomic E-state index is -0.0973. The number of hydrogen-bond donors (Lipinski definition) is 1. The second-order valence-corrected chi connectivity index (χ2v) is 5.38. The summed E-state index contributed by atoms with van der Waals surface area (Å²) < 4.78 is 0. The van der Waals surface area contributed by atoms with E-state index in [2.05, 4.69) is 12.2 Å². The molecule has 0 unspecified atom stereocenters. The van der Waals surface area contributed by atoms with Crippen LogP contribution in [0.1, 0.15) is 37.8 Å². The summed E-state index contributed by atoms with van der Waals surface area (Å²) in [4.78, 5) is 25.5. The van der Waals surface area contributed by atoms with Gasteiger partial charge in [-0.25, -0.2) is 0 Å². The van der Waals surface area contributed by atoms with Crippen molar-refractivity contribution in [1.29, 1.82) is 0 Å². The highest BCUT2D eigenvalue weighted by Crippen LogP contribution is 2.26. The minimum absolute atomic E-state index is 0.0759. The molecule has 1 saturated carbocycles. The van der Waals surface area contributed by atoms with E-state index >= 15 is 0 Å². The topological polar surface area (TPSA) is 49.4 Å². The van der Waals surface area contributed by atoms with Crippen LogP contribution >= 0.6 is 0 Å². The Morgan fingerprint density at radius 1 is 1.35 bits per heavy atom. The second-order valence-electron chi connectivity index (χ2n) is 5.38. The Morgan fingerprint density at radius 2 is 2.05 bits per heavy atom. The number of benzene rings is 1. The first kappa shape index (κ1) is 14.6. The first-order valence-electron chi connectivity index (χ1n) is 7.19. The molecular formula is C16H22N2O2. The molecule has 1 aliphatic carbocycles. The van der Waals surface area contributed by atoms with Crippen molar-refractivity contribution in [2.24, 2.45) is 0 Å². The molecule has 20 heavy (non-hydrogen) atoms. The van der Waals surface area contributed by atoms with Crippen LogP contribution in [0.2, 0.25) is 0 Å². The van der Waals surface area contributed by atoms with Crippen LogP contribution in [0, 0.1) is 6.92 Å². The molecule has 0 saturated heterocycles. The molecule has 1 fully saturated rings. The second kappa shape index (κ2) is 6.07. The van der Waals surface area contributed by atoms with Gasteiger partial charge in [-0.15, -0.1) is 0 Å². The molecule has 1 aliphatic rings. The molecule has 0 aliphatic heterocycles. The van der Waals surface area contributed by atoms with Crippen LogP contribution in [0.3, 0.4) is 0 Å². The van der Waals surface area contributed by atoms with Gasteiger partial charge in [0.25, 0.3) is 0 Å². The van der Waals surface area contributed by atoms with Gasteiger partial charge >= 0.3 is 0 Å². The summed E-state index contributed by atoms with van der Waals surface area (Å²) in [6, 6.07) is 6.29. The fraction of sp³-hybridized carbons (Fsp3) is 0.500. The summed E-state index contributed by atoms with van der Waals surface area (Å²) in [5.41, 5.74) is 3.01. The third-order valence-corrected chi connectivity index (χ3v) is 3.60. The summed E-state index contributed by atoms with van der Waals surface area (Å²) in [6.07, 6.45) is 2.94. The zero-order chi connectivity index (χ0) is 14.7. The standard InChI is InChI=1S/C16H22N2O2/c1-4-13-7-5-6-11(2)16(13)18(12(3)19)10-15(20)17-14-8-9-14/h5-7,14H,4,8-10H2,1-3H3,(H,17,20). The fourth-order valence-corrected chi connectivity index (χ4v) is 2.38. The van der Waals surface area contributed by atoms with Crippen molar-refractivity contribution < 1.29 is 9.59 Å². The fourth-order valence-electron chi connectivity index (χ4n) is 2.38. The number of carbonyl (C=O) groups excluding carboxylic acids is 2. The van der Waals surface area contributed by atoms with E-state index in [1.807, 2.05) is 25.1 Å².